The SMILES string of the molecule is O=C(c1c[nH]cn1)c1c(Cl)cc(Cl)cc1Cl. The molecule has 1 aromatic heterocycles. The molecule has 0 aliphatic carbocycles. The molecule has 82 valence electrons. The van der Waals surface area contributed by atoms with Gasteiger partial charge in [0.05, 0.1) is 21.9 Å². The fraction of sp³-hybridized carbons (Fsp3) is 0. The van der Waals surface area contributed by atoms with Crippen molar-refractivity contribution in [2.75, 3.05) is 0 Å². The topological polar surface area (TPSA) is 45.8 Å². The van der Waals surface area contributed by atoms with Gasteiger partial charge in [0.15, 0.2) is 0 Å². The molecule has 0 atom stereocenters. The summed E-state index contributed by atoms with van der Waals surface area (Å²) < 4.78 is 0. The van der Waals surface area contributed by atoms with E-state index in [9.17, 15) is 4.79 Å². The number of halogens is 3. The molecular formula is C10H5Cl3N2O. The first-order valence-corrected chi connectivity index (χ1v) is 5.41. The van der Waals surface area contributed by atoms with Crippen molar-refractivity contribution in [3.05, 3.63) is 51.0 Å². The van der Waals surface area contributed by atoms with E-state index in [0.717, 1.165) is 0 Å². The van der Waals surface area contributed by atoms with Crippen molar-refractivity contribution in [1.29, 1.82) is 0 Å². The first-order valence-electron chi connectivity index (χ1n) is 4.27. The molecule has 2 aromatic rings. The lowest BCUT2D eigenvalue weighted by atomic mass is 10.1. The number of nitrogens with zero attached hydrogens (tertiary/aromatic N) is 1. The van der Waals surface area contributed by atoms with Gasteiger partial charge < -0.3 is 4.98 Å². The number of aromatic nitrogens is 2. The number of carbonyl (C=O) groups is 1. The van der Waals surface area contributed by atoms with E-state index in [1.54, 1.807) is 0 Å². The zero-order valence-corrected chi connectivity index (χ0v) is 10.1. The average molecular weight is 276 g/mol. The third-order valence-electron chi connectivity index (χ3n) is 1.96. The molecule has 0 aliphatic heterocycles. The van der Waals surface area contributed by atoms with Gasteiger partial charge in [-0.05, 0) is 12.1 Å². The van der Waals surface area contributed by atoms with Crippen LogP contribution in [0, 0.1) is 0 Å². The van der Waals surface area contributed by atoms with Crippen LogP contribution in [-0.4, -0.2) is 15.8 Å². The summed E-state index contributed by atoms with van der Waals surface area (Å²) in [6, 6.07) is 2.93. The van der Waals surface area contributed by atoms with Gasteiger partial charge in [-0.3, -0.25) is 4.79 Å². The molecule has 16 heavy (non-hydrogen) atoms. The molecular weight excluding hydrogens is 270 g/mol. The molecule has 0 radical (unpaired) electrons. The number of rotatable bonds is 2. The number of aromatic amines is 1. The molecule has 1 N–H and O–H groups in total. The standard InChI is InChI=1S/C10H5Cl3N2O/c11-5-1-6(12)9(7(13)2-5)10(16)8-3-14-4-15-8/h1-4H,(H,14,15). The van der Waals surface area contributed by atoms with E-state index in [4.69, 9.17) is 34.8 Å². The van der Waals surface area contributed by atoms with Crippen molar-refractivity contribution in [1.82, 2.24) is 9.97 Å². The van der Waals surface area contributed by atoms with Gasteiger partial charge in [0.2, 0.25) is 5.78 Å². The summed E-state index contributed by atoms with van der Waals surface area (Å²) in [6.45, 7) is 0. The third-order valence-corrected chi connectivity index (χ3v) is 2.78. The van der Waals surface area contributed by atoms with Gasteiger partial charge in [-0.1, -0.05) is 34.8 Å². The Morgan fingerprint density at radius 2 is 1.81 bits per heavy atom. The summed E-state index contributed by atoms with van der Waals surface area (Å²) in [5, 5.41) is 0.810. The van der Waals surface area contributed by atoms with E-state index in [-0.39, 0.29) is 27.1 Å². The maximum Gasteiger partial charge on any atom is 0.215 e. The fourth-order valence-corrected chi connectivity index (χ4v) is 2.26. The normalized spacial score (nSPS) is 10.4. The van der Waals surface area contributed by atoms with Gasteiger partial charge in [0, 0.05) is 11.2 Å². The fourth-order valence-electron chi connectivity index (χ4n) is 1.27. The molecule has 6 heteroatoms. The Kier molecular flexibility index (Phi) is 3.19. The highest BCUT2D eigenvalue weighted by atomic mass is 35.5. The molecule has 0 saturated carbocycles. The number of H-pyrrole nitrogens is 1. The van der Waals surface area contributed by atoms with E-state index >= 15 is 0 Å². The van der Waals surface area contributed by atoms with Crippen LogP contribution in [0.25, 0.3) is 0 Å². The van der Waals surface area contributed by atoms with Gasteiger partial charge >= 0.3 is 0 Å². The minimum Gasteiger partial charge on any atom is -0.350 e. The molecule has 0 unspecified atom stereocenters. The largest absolute Gasteiger partial charge is 0.350 e. The molecule has 0 bridgehead atoms. The van der Waals surface area contributed by atoms with Crippen molar-refractivity contribution in [2.24, 2.45) is 0 Å². The van der Waals surface area contributed by atoms with Crippen LogP contribution < -0.4 is 0 Å². The van der Waals surface area contributed by atoms with Crippen LogP contribution in [-0.2, 0) is 0 Å². The Bertz CT molecular complexity index is 514. The van der Waals surface area contributed by atoms with Gasteiger partial charge in [-0.25, -0.2) is 4.98 Å². The number of nitrogens with one attached hydrogen (secondary N) is 1. The highest BCUT2D eigenvalue weighted by molar-refractivity contribution is 6.43. The van der Waals surface area contributed by atoms with Gasteiger partial charge in [0.1, 0.15) is 5.69 Å². The monoisotopic (exact) mass is 274 g/mol. The Hall–Kier alpha value is -1.03. The zero-order chi connectivity index (χ0) is 11.7. The van der Waals surface area contributed by atoms with Crippen LogP contribution in [0.3, 0.4) is 0 Å². The molecule has 0 fully saturated rings. The predicted molar refractivity (Wildman–Crippen MR) is 63.5 cm³/mol. The number of imidazole rings is 1. The predicted octanol–water partition coefficient (Wildman–Crippen LogP) is 3.60. The van der Waals surface area contributed by atoms with Crippen molar-refractivity contribution in [3.63, 3.8) is 0 Å². The molecule has 0 aliphatic rings. The molecule has 1 aromatic carbocycles. The summed E-state index contributed by atoms with van der Waals surface area (Å²) in [4.78, 5) is 18.5. The van der Waals surface area contributed by atoms with E-state index in [1.807, 2.05) is 0 Å². The lowest BCUT2D eigenvalue weighted by Gasteiger charge is -2.04. The molecule has 3 nitrogen and oxygen atoms in total. The number of benzene rings is 1. The van der Waals surface area contributed by atoms with Crippen molar-refractivity contribution in [2.45, 2.75) is 0 Å². The van der Waals surface area contributed by atoms with Gasteiger partial charge in [-0.15, -0.1) is 0 Å². The highest BCUT2D eigenvalue weighted by Gasteiger charge is 2.18. The van der Waals surface area contributed by atoms with Crippen LogP contribution in [0.2, 0.25) is 15.1 Å². The van der Waals surface area contributed by atoms with Crippen LogP contribution in [0.15, 0.2) is 24.7 Å². The smallest absolute Gasteiger partial charge is 0.215 e. The van der Waals surface area contributed by atoms with Crippen molar-refractivity contribution < 1.29 is 4.79 Å². The second-order valence-corrected chi connectivity index (χ2v) is 4.28. The summed E-state index contributed by atoms with van der Waals surface area (Å²) in [5.41, 5.74) is 0.464. The zero-order valence-electron chi connectivity index (χ0n) is 7.80. The molecule has 1 heterocycles. The minimum absolute atomic E-state index is 0.208. The second-order valence-electron chi connectivity index (χ2n) is 3.03. The number of hydrogen-bond acceptors (Lipinski definition) is 2. The Morgan fingerprint density at radius 1 is 1.19 bits per heavy atom. The summed E-state index contributed by atoms with van der Waals surface area (Å²) in [7, 11) is 0. The molecule has 0 saturated heterocycles. The lowest BCUT2D eigenvalue weighted by molar-refractivity contribution is 0.103. The quantitative estimate of drug-likeness (QED) is 0.851. The first kappa shape index (κ1) is 11.5. The van der Waals surface area contributed by atoms with Crippen LogP contribution in [0.1, 0.15) is 16.1 Å². The minimum atomic E-state index is -0.340. The first-order chi connectivity index (χ1) is 7.59. The molecule has 0 spiro atoms. The van der Waals surface area contributed by atoms with E-state index in [0.29, 0.717) is 5.02 Å². The Labute approximate surface area is 106 Å². The average Bonchev–Trinajstić information content (AvgIpc) is 2.67. The summed E-state index contributed by atoms with van der Waals surface area (Å²) in [5.74, 6) is -0.340. The summed E-state index contributed by atoms with van der Waals surface area (Å²) in [6.07, 6.45) is 2.88. The van der Waals surface area contributed by atoms with Crippen LogP contribution in [0.4, 0.5) is 0 Å². The van der Waals surface area contributed by atoms with Gasteiger partial charge in [0.25, 0.3) is 0 Å². The summed E-state index contributed by atoms with van der Waals surface area (Å²) >= 11 is 17.6. The maximum atomic E-state index is 12.0. The second kappa shape index (κ2) is 4.45. The lowest BCUT2D eigenvalue weighted by Crippen LogP contribution is -2.03. The maximum absolute atomic E-state index is 12.0. The number of carbonyl (C=O) groups excluding carboxylic acids is 1. The van der Waals surface area contributed by atoms with E-state index < -0.39 is 0 Å². The van der Waals surface area contributed by atoms with Crippen molar-refractivity contribution >= 4 is 40.6 Å². The van der Waals surface area contributed by atoms with Crippen molar-refractivity contribution in [3.8, 4) is 0 Å². The highest BCUT2D eigenvalue weighted by Crippen LogP contribution is 2.30. The molecule has 0 amide bonds. The molecule has 2 rings (SSSR count). The van der Waals surface area contributed by atoms with Crippen LogP contribution >= 0.6 is 34.8 Å². The van der Waals surface area contributed by atoms with E-state index in [2.05, 4.69) is 9.97 Å². The van der Waals surface area contributed by atoms with Gasteiger partial charge in [-0.2, -0.15) is 0 Å². The van der Waals surface area contributed by atoms with E-state index in [1.165, 1.54) is 24.7 Å². The number of ketones is 1. The Balaban J connectivity index is 2.53. The van der Waals surface area contributed by atoms with Crippen LogP contribution in [0.5, 0.6) is 0 Å². The number of hydrogen-bond donors (Lipinski definition) is 1. The Morgan fingerprint density at radius 3 is 2.31 bits per heavy atom. The third kappa shape index (κ3) is 2.07.